The third-order valence-electron chi connectivity index (χ3n) is 3.49. The number of thiazole rings is 1. The predicted molar refractivity (Wildman–Crippen MR) is 81.1 cm³/mol. The molecule has 1 aliphatic rings. The number of hydrogen-bond donors (Lipinski definition) is 1. The number of H-pyrrole nitrogens is 1. The number of rotatable bonds is 4. The molecule has 1 aliphatic heterocycles. The van der Waals surface area contributed by atoms with Crippen molar-refractivity contribution in [3.05, 3.63) is 23.6 Å². The van der Waals surface area contributed by atoms with Gasteiger partial charge in [0, 0.05) is 44.2 Å². The molecule has 114 valence electrons. The van der Waals surface area contributed by atoms with Crippen molar-refractivity contribution in [1.82, 2.24) is 19.3 Å². The van der Waals surface area contributed by atoms with Crippen molar-refractivity contribution < 1.29 is 8.42 Å². The molecule has 0 aromatic carbocycles. The van der Waals surface area contributed by atoms with E-state index in [-0.39, 0.29) is 5.03 Å². The molecule has 21 heavy (non-hydrogen) atoms. The number of piperazine rings is 1. The Labute approximate surface area is 127 Å². The first-order valence-corrected chi connectivity index (χ1v) is 9.11. The van der Waals surface area contributed by atoms with Gasteiger partial charge in [-0.25, -0.2) is 18.4 Å². The maximum atomic E-state index is 12.5. The van der Waals surface area contributed by atoms with Crippen molar-refractivity contribution in [2.24, 2.45) is 0 Å². The number of imidazole rings is 1. The maximum absolute atomic E-state index is 12.5. The second-order valence-corrected chi connectivity index (χ2v) is 7.53. The Morgan fingerprint density at radius 2 is 2.05 bits per heavy atom. The van der Waals surface area contributed by atoms with Gasteiger partial charge in [0.2, 0.25) is 0 Å². The number of nitrogens with zero attached hydrogens (tertiary/aromatic N) is 4. The highest BCUT2D eigenvalue weighted by Crippen LogP contribution is 2.21. The fourth-order valence-corrected chi connectivity index (χ4v) is 4.34. The zero-order chi connectivity index (χ0) is 14.9. The van der Waals surface area contributed by atoms with Crippen molar-refractivity contribution in [2.75, 3.05) is 31.1 Å². The zero-order valence-corrected chi connectivity index (χ0v) is 13.3. The normalized spacial score (nSPS) is 17.3. The van der Waals surface area contributed by atoms with E-state index in [1.165, 1.54) is 10.5 Å². The molecule has 2 aromatic rings. The van der Waals surface area contributed by atoms with E-state index in [0.717, 1.165) is 5.13 Å². The van der Waals surface area contributed by atoms with Crippen molar-refractivity contribution in [3.63, 3.8) is 0 Å². The molecular weight excluding hydrogens is 310 g/mol. The Bertz CT molecular complexity index is 687. The number of nitrogens with one attached hydrogen (secondary N) is 1. The minimum absolute atomic E-state index is 0.182. The van der Waals surface area contributed by atoms with Crippen LogP contribution in [0.3, 0.4) is 0 Å². The van der Waals surface area contributed by atoms with E-state index in [0.29, 0.717) is 38.4 Å². The molecule has 0 atom stereocenters. The number of aromatic amines is 1. The first-order chi connectivity index (χ1) is 10.1. The molecule has 0 spiro atoms. The van der Waals surface area contributed by atoms with Gasteiger partial charge in [-0.3, -0.25) is 0 Å². The predicted octanol–water partition coefficient (Wildman–Crippen LogP) is 0.939. The lowest BCUT2D eigenvalue weighted by Gasteiger charge is -2.33. The van der Waals surface area contributed by atoms with Gasteiger partial charge in [-0.2, -0.15) is 4.31 Å². The first-order valence-electron chi connectivity index (χ1n) is 6.79. The number of sulfonamides is 1. The standard InChI is InChI=1S/C12H17N5O2S2/c1-2-10-14-9-11(15-10)21(18,19)17-6-4-16(5-7-17)12-13-3-8-20-12/h3,8-9H,2,4-7H2,1H3,(H,14,15). The summed E-state index contributed by atoms with van der Waals surface area (Å²) in [5, 5.41) is 3.05. The lowest BCUT2D eigenvalue weighted by Crippen LogP contribution is -2.48. The molecule has 0 saturated carbocycles. The fraction of sp³-hybridized carbons (Fsp3) is 0.500. The summed E-state index contributed by atoms with van der Waals surface area (Å²) in [6.45, 7) is 4.16. The third kappa shape index (κ3) is 2.81. The van der Waals surface area contributed by atoms with Gasteiger partial charge in [-0.1, -0.05) is 6.92 Å². The average Bonchev–Trinajstić information content (AvgIpc) is 3.19. The van der Waals surface area contributed by atoms with E-state index in [2.05, 4.69) is 19.9 Å². The van der Waals surface area contributed by atoms with Crippen LogP contribution in [-0.2, 0) is 16.4 Å². The summed E-state index contributed by atoms with van der Waals surface area (Å²) in [7, 11) is -3.47. The Morgan fingerprint density at radius 3 is 2.62 bits per heavy atom. The van der Waals surface area contributed by atoms with Crippen LogP contribution in [0.15, 0.2) is 22.8 Å². The number of anilines is 1. The van der Waals surface area contributed by atoms with Crippen molar-refractivity contribution in [2.45, 2.75) is 18.4 Å². The van der Waals surface area contributed by atoms with E-state index < -0.39 is 10.0 Å². The van der Waals surface area contributed by atoms with Gasteiger partial charge in [0.05, 0.1) is 6.20 Å². The molecule has 0 aliphatic carbocycles. The molecule has 3 heterocycles. The third-order valence-corrected chi connectivity index (χ3v) is 6.13. The van der Waals surface area contributed by atoms with Gasteiger partial charge < -0.3 is 9.88 Å². The Balaban J connectivity index is 1.71. The van der Waals surface area contributed by atoms with Crippen LogP contribution in [-0.4, -0.2) is 53.9 Å². The van der Waals surface area contributed by atoms with E-state index >= 15 is 0 Å². The monoisotopic (exact) mass is 327 g/mol. The largest absolute Gasteiger partial charge is 0.345 e. The van der Waals surface area contributed by atoms with Crippen LogP contribution in [0.1, 0.15) is 12.7 Å². The highest BCUT2D eigenvalue weighted by molar-refractivity contribution is 7.89. The second kappa shape index (κ2) is 5.74. The molecule has 7 nitrogen and oxygen atoms in total. The Kier molecular flexibility index (Phi) is 3.96. The van der Waals surface area contributed by atoms with Crippen molar-refractivity contribution in [1.29, 1.82) is 0 Å². The fourth-order valence-electron chi connectivity index (χ4n) is 2.28. The average molecular weight is 327 g/mol. The van der Waals surface area contributed by atoms with E-state index in [1.807, 2.05) is 12.3 Å². The summed E-state index contributed by atoms with van der Waals surface area (Å²) < 4.78 is 26.6. The minimum Gasteiger partial charge on any atom is -0.345 e. The van der Waals surface area contributed by atoms with Gasteiger partial charge in [-0.15, -0.1) is 11.3 Å². The zero-order valence-electron chi connectivity index (χ0n) is 11.7. The van der Waals surface area contributed by atoms with Crippen molar-refractivity contribution >= 4 is 26.5 Å². The van der Waals surface area contributed by atoms with Crippen LogP contribution in [0, 0.1) is 0 Å². The Hall–Kier alpha value is -1.45. The second-order valence-electron chi connectivity index (χ2n) is 4.75. The lowest BCUT2D eigenvalue weighted by atomic mass is 10.4. The van der Waals surface area contributed by atoms with Crippen LogP contribution in [0.4, 0.5) is 5.13 Å². The van der Waals surface area contributed by atoms with Crippen LogP contribution >= 0.6 is 11.3 Å². The van der Waals surface area contributed by atoms with E-state index in [4.69, 9.17) is 0 Å². The quantitative estimate of drug-likeness (QED) is 0.904. The van der Waals surface area contributed by atoms with Crippen LogP contribution in [0.25, 0.3) is 0 Å². The number of aromatic nitrogens is 3. The summed E-state index contributed by atoms with van der Waals surface area (Å²) in [5.41, 5.74) is 0. The molecule has 3 rings (SSSR count). The molecule has 0 amide bonds. The summed E-state index contributed by atoms with van der Waals surface area (Å²) in [6.07, 6.45) is 3.86. The molecule has 9 heteroatoms. The molecule has 0 radical (unpaired) electrons. The smallest absolute Gasteiger partial charge is 0.260 e. The summed E-state index contributed by atoms with van der Waals surface area (Å²) >= 11 is 1.57. The highest BCUT2D eigenvalue weighted by Gasteiger charge is 2.30. The summed E-state index contributed by atoms with van der Waals surface area (Å²) in [6, 6.07) is 0. The van der Waals surface area contributed by atoms with Gasteiger partial charge in [-0.05, 0) is 0 Å². The first kappa shape index (κ1) is 14.5. The van der Waals surface area contributed by atoms with E-state index in [1.54, 1.807) is 17.5 Å². The molecule has 1 saturated heterocycles. The topological polar surface area (TPSA) is 82.2 Å². The Morgan fingerprint density at radius 1 is 1.29 bits per heavy atom. The minimum atomic E-state index is -3.47. The van der Waals surface area contributed by atoms with Gasteiger partial charge in [0.15, 0.2) is 10.2 Å². The maximum Gasteiger partial charge on any atom is 0.260 e. The van der Waals surface area contributed by atoms with Crippen LogP contribution in [0.2, 0.25) is 0 Å². The van der Waals surface area contributed by atoms with E-state index in [9.17, 15) is 8.42 Å². The van der Waals surface area contributed by atoms with Gasteiger partial charge in [0.25, 0.3) is 10.0 Å². The van der Waals surface area contributed by atoms with Crippen molar-refractivity contribution in [3.8, 4) is 0 Å². The molecular formula is C12H17N5O2S2. The number of hydrogen-bond acceptors (Lipinski definition) is 6. The number of aryl methyl sites for hydroxylation is 1. The lowest BCUT2D eigenvalue weighted by molar-refractivity contribution is 0.383. The summed E-state index contributed by atoms with van der Waals surface area (Å²) in [4.78, 5) is 13.3. The molecule has 0 unspecified atom stereocenters. The molecule has 1 N–H and O–H groups in total. The highest BCUT2D eigenvalue weighted by atomic mass is 32.2. The molecule has 0 bridgehead atoms. The van der Waals surface area contributed by atoms with Crippen LogP contribution in [0.5, 0.6) is 0 Å². The SMILES string of the molecule is CCc1ncc(S(=O)(=O)N2CCN(c3nccs3)CC2)[nH]1. The molecule has 1 fully saturated rings. The van der Waals surface area contributed by atoms with Gasteiger partial charge in [0.1, 0.15) is 5.82 Å². The summed E-state index contributed by atoms with van der Waals surface area (Å²) in [5.74, 6) is 0.690. The van der Waals surface area contributed by atoms with Gasteiger partial charge >= 0.3 is 0 Å². The molecule has 2 aromatic heterocycles. The van der Waals surface area contributed by atoms with Crippen LogP contribution < -0.4 is 4.90 Å².